The van der Waals surface area contributed by atoms with Gasteiger partial charge in [0.15, 0.2) is 11.5 Å². The number of fused-ring (bicyclic) bond motifs is 1. The van der Waals surface area contributed by atoms with E-state index in [1.165, 1.54) is 29.5 Å². The van der Waals surface area contributed by atoms with Gasteiger partial charge in [-0.05, 0) is 41.3 Å². The highest BCUT2D eigenvalue weighted by Crippen LogP contribution is 2.37. The summed E-state index contributed by atoms with van der Waals surface area (Å²) in [6.07, 6.45) is 4.28. The number of pyridine rings is 2. The Balaban J connectivity index is 1.55. The van der Waals surface area contributed by atoms with E-state index in [4.69, 9.17) is 5.73 Å². The normalized spacial score (nSPS) is 15.0. The molecule has 3 N–H and O–H groups in total. The van der Waals surface area contributed by atoms with Gasteiger partial charge in [-0.1, -0.05) is 19.1 Å². The molecule has 5 rings (SSSR count). The maximum absolute atomic E-state index is 14.3. The average Bonchev–Trinajstić information content (AvgIpc) is 3.52. The summed E-state index contributed by atoms with van der Waals surface area (Å²) in [5.41, 5.74) is 5.88. The molecular weight excluding hydrogens is 555 g/mol. The fraction of sp³-hybridized carbons (Fsp3) is 0.217. The zero-order valence-corrected chi connectivity index (χ0v) is 21.0. The molecule has 0 fully saturated rings. The molecule has 1 atom stereocenters. The van der Waals surface area contributed by atoms with Crippen molar-refractivity contribution in [2.45, 2.75) is 26.4 Å². The van der Waals surface area contributed by atoms with Gasteiger partial charge in [-0.15, -0.1) is 4.80 Å². The van der Waals surface area contributed by atoms with E-state index in [1.807, 2.05) is 13.0 Å². The van der Waals surface area contributed by atoms with E-state index >= 15 is 0 Å². The van der Waals surface area contributed by atoms with Gasteiger partial charge in [0, 0.05) is 11.1 Å². The molecule has 190 valence electrons. The van der Waals surface area contributed by atoms with Crippen LogP contribution in [0.5, 0.6) is 0 Å². The Morgan fingerprint density at radius 2 is 1.95 bits per heavy atom. The predicted octanol–water partition coefficient (Wildman–Crippen LogP) is 4.37. The highest BCUT2D eigenvalue weighted by molar-refractivity contribution is 9.10. The number of alkyl halides is 3. The second kappa shape index (κ2) is 9.10. The van der Waals surface area contributed by atoms with Gasteiger partial charge in [0.1, 0.15) is 5.82 Å². The number of carbonyl (C=O) groups excluding carboxylic acids is 1. The van der Waals surface area contributed by atoms with E-state index in [9.17, 15) is 18.0 Å². The zero-order valence-electron chi connectivity index (χ0n) is 19.5. The Hall–Kier alpha value is -4.07. The standard InChI is InChI=1S/C23H19BrF3N9O/c1-11-3-4-13-14(7-11)20(28)29-10-18(13)35-19(23(25,26)27)15(9-32-35)22(37)34-17-8-16(24)21(33-12(17)2)36-30-5-6-31-36/h3-6,8-11H,7H2,1-2H3,(H2,28,29)(H,34,37). The molecule has 0 spiro atoms. The number of allylic oxidation sites excluding steroid dienone is 1. The lowest BCUT2D eigenvalue weighted by molar-refractivity contribution is -0.143. The Morgan fingerprint density at radius 3 is 2.65 bits per heavy atom. The quantitative estimate of drug-likeness (QED) is 0.370. The highest BCUT2D eigenvalue weighted by atomic mass is 79.9. The fourth-order valence-corrected chi connectivity index (χ4v) is 4.59. The van der Waals surface area contributed by atoms with Gasteiger partial charge in [-0.2, -0.15) is 28.5 Å². The number of aromatic nitrogens is 7. The van der Waals surface area contributed by atoms with E-state index < -0.39 is 23.3 Å². The van der Waals surface area contributed by atoms with Crippen LogP contribution < -0.4 is 11.1 Å². The lowest BCUT2D eigenvalue weighted by atomic mass is 9.90. The smallest absolute Gasteiger partial charge is 0.383 e. The van der Waals surface area contributed by atoms with E-state index in [-0.39, 0.29) is 23.1 Å². The van der Waals surface area contributed by atoms with Gasteiger partial charge in [0.2, 0.25) is 0 Å². The van der Waals surface area contributed by atoms with E-state index in [2.05, 4.69) is 46.5 Å². The SMILES string of the molecule is Cc1nc(-n2nccn2)c(Br)cc1NC(=O)c1cnn(-c2cnc(N)c3c2C=CC(C)C3)c1C(F)(F)F. The molecule has 0 saturated carbocycles. The van der Waals surface area contributed by atoms with Crippen molar-refractivity contribution in [3.05, 3.63) is 69.5 Å². The Kier molecular flexibility index (Phi) is 6.06. The van der Waals surface area contributed by atoms with Crippen molar-refractivity contribution in [1.82, 2.24) is 34.7 Å². The summed E-state index contributed by atoms with van der Waals surface area (Å²) in [4.78, 5) is 22.8. The van der Waals surface area contributed by atoms with Crippen LogP contribution >= 0.6 is 15.9 Å². The summed E-state index contributed by atoms with van der Waals surface area (Å²) in [5.74, 6) is -0.246. The van der Waals surface area contributed by atoms with Crippen molar-refractivity contribution in [1.29, 1.82) is 0 Å². The number of rotatable bonds is 4. The average molecular weight is 574 g/mol. The number of nitrogen functional groups attached to an aromatic ring is 1. The van der Waals surface area contributed by atoms with Gasteiger partial charge in [0.05, 0.1) is 51.9 Å². The Morgan fingerprint density at radius 1 is 1.22 bits per heavy atom. The number of nitrogens with zero attached hydrogens (tertiary/aromatic N) is 7. The first-order chi connectivity index (χ1) is 17.5. The van der Waals surface area contributed by atoms with Gasteiger partial charge in [0.25, 0.3) is 5.91 Å². The molecule has 1 aliphatic carbocycles. The van der Waals surface area contributed by atoms with Crippen molar-refractivity contribution in [2.24, 2.45) is 5.92 Å². The number of anilines is 2. The molecule has 4 heterocycles. The van der Waals surface area contributed by atoms with Crippen LogP contribution in [0.25, 0.3) is 17.6 Å². The molecule has 0 aliphatic heterocycles. The Bertz CT molecular complexity index is 1540. The van der Waals surface area contributed by atoms with Crippen molar-refractivity contribution < 1.29 is 18.0 Å². The molecule has 1 aliphatic rings. The molecule has 4 aromatic rings. The molecule has 0 radical (unpaired) electrons. The van der Waals surface area contributed by atoms with Crippen molar-refractivity contribution >= 4 is 39.4 Å². The zero-order chi connectivity index (χ0) is 26.5. The molecule has 4 aromatic heterocycles. The second-order valence-corrected chi connectivity index (χ2v) is 9.33. The summed E-state index contributed by atoms with van der Waals surface area (Å²) < 4.78 is 44.1. The van der Waals surface area contributed by atoms with Crippen molar-refractivity contribution in [3.8, 4) is 11.5 Å². The van der Waals surface area contributed by atoms with Gasteiger partial charge in [-0.25, -0.2) is 14.6 Å². The predicted molar refractivity (Wildman–Crippen MR) is 132 cm³/mol. The lowest BCUT2D eigenvalue weighted by Gasteiger charge is -2.21. The fourth-order valence-electron chi connectivity index (χ4n) is 4.11. The maximum Gasteiger partial charge on any atom is 0.434 e. The first-order valence-corrected chi connectivity index (χ1v) is 11.8. The molecule has 37 heavy (non-hydrogen) atoms. The van der Waals surface area contributed by atoms with Crippen molar-refractivity contribution in [2.75, 3.05) is 11.1 Å². The van der Waals surface area contributed by atoms with E-state index in [0.717, 1.165) is 6.20 Å². The maximum atomic E-state index is 14.3. The third-order valence-corrected chi connectivity index (χ3v) is 6.45. The molecule has 14 heteroatoms. The first-order valence-electron chi connectivity index (χ1n) is 11.0. The number of nitrogens with two attached hydrogens (primary N) is 1. The number of halogens is 4. The largest absolute Gasteiger partial charge is 0.434 e. The second-order valence-electron chi connectivity index (χ2n) is 8.48. The van der Waals surface area contributed by atoms with Gasteiger partial charge in [-0.3, -0.25) is 4.79 Å². The number of nitrogens with one attached hydrogen (secondary N) is 1. The highest BCUT2D eigenvalue weighted by Gasteiger charge is 2.41. The molecule has 0 saturated heterocycles. The van der Waals surface area contributed by atoms with Gasteiger partial charge >= 0.3 is 6.18 Å². The van der Waals surface area contributed by atoms with E-state index in [0.29, 0.717) is 38.2 Å². The third kappa shape index (κ3) is 4.48. The summed E-state index contributed by atoms with van der Waals surface area (Å²) in [6.45, 7) is 3.57. The van der Waals surface area contributed by atoms with Crippen LogP contribution in [0.1, 0.15) is 39.8 Å². The monoisotopic (exact) mass is 573 g/mol. The number of hydrogen-bond donors (Lipinski definition) is 2. The summed E-state index contributed by atoms with van der Waals surface area (Å²) in [7, 11) is 0. The first kappa shape index (κ1) is 24.6. The van der Waals surface area contributed by atoms with E-state index in [1.54, 1.807) is 13.0 Å². The molecular formula is C23H19BrF3N9O. The minimum Gasteiger partial charge on any atom is -0.383 e. The number of amides is 1. The lowest BCUT2D eigenvalue weighted by Crippen LogP contribution is -2.22. The van der Waals surface area contributed by atoms with Crippen LogP contribution in [-0.2, 0) is 12.6 Å². The molecule has 0 aromatic carbocycles. The summed E-state index contributed by atoms with van der Waals surface area (Å²) in [5, 5.41) is 14.5. The topological polar surface area (TPSA) is 129 Å². The van der Waals surface area contributed by atoms with Crippen molar-refractivity contribution in [3.63, 3.8) is 0 Å². The van der Waals surface area contributed by atoms with Crippen LogP contribution in [0.2, 0.25) is 0 Å². The molecule has 0 bridgehead atoms. The number of hydrogen-bond acceptors (Lipinski definition) is 7. The molecule has 10 nitrogen and oxygen atoms in total. The summed E-state index contributed by atoms with van der Waals surface area (Å²) in [6, 6.07) is 1.52. The van der Waals surface area contributed by atoms with Crippen LogP contribution in [-0.4, -0.2) is 40.6 Å². The Labute approximate surface area is 216 Å². The molecule has 1 unspecified atom stereocenters. The van der Waals surface area contributed by atoms with Crippen LogP contribution in [0.3, 0.4) is 0 Å². The van der Waals surface area contributed by atoms with Crippen LogP contribution in [0.4, 0.5) is 24.7 Å². The third-order valence-electron chi connectivity index (χ3n) is 5.87. The molecule has 1 amide bonds. The minimum absolute atomic E-state index is 0.0791. The minimum atomic E-state index is -4.90. The summed E-state index contributed by atoms with van der Waals surface area (Å²) >= 11 is 3.34. The van der Waals surface area contributed by atoms with Crippen LogP contribution in [0, 0.1) is 12.8 Å². The number of aryl methyl sites for hydroxylation is 1. The van der Waals surface area contributed by atoms with Gasteiger partial charge < -0.3 is 11.1 Å². The van der Waals surface area contributed by atoms with Crippen LogP contribution in [0.15, 0.2) is 41.4 Å². The number of carbonyl (C=O) groups is 1.